The molecule has 22 heavy (non-hydrogen) atoms. The number of aryl methyl sites for hydroxylation is 1. The molecule has 0 aromatic heterocycles. The molecule has 2 N–H and O–H groups in total. The van der Waals surface area contributed by atoms with E-state index in [1.54, 1.807) is 0 Å². The summed E-state index contributed by atoms with van der Waals surface area (Å²) in [5.41, 5.74) is 1.25. The summed E-state index contributed by atoms with van der Waals surface area (Å²) in [6, 6.07) is 10.2. The Morgan fingerprint density at radius 3 is 2.50 bits per heavy atom. The molecule has 0 saturated carbocycles. The smallest absolute Gasteiger partial charge is 0.357 e. The summed E-state index contributed by atoms with van der Waals surface area (Å²) >= 11 is 0. The van der Waals surface area contributed by atoms with Gasteiger partial charge in [-0.15, -0.1) is 0 Å². The first-order valence-electron chi connectivity index (χ1n) is 7.56. The van der Waals surface area contributed by atoms with E-state index in [1.807, 2.05) is 32.0 Å². The van der Waals surface area contributed by atoms with Crippen LogP contribution in [0.3, 0.4) is 0 Å². The first-order chi connectivity index (χ1) is 10.4. The minimum Gasteiger partial charge on any atom is -0.357 e. The van der Waals surface area contributed by atoms with Gasteiger partial charge in [0.15, 0.2) is 5.96 Å². The molecule has 0 spiro atoms. The Morgan fingerprint density at radius 2 is 1.91 bits per heavy atom. The lowest BCUT2D eigenvalue weighted by Crippen LogP contribution is -2.42. The molecule has 1 atom stereocenters. The molecule has 3 nitrogen and oxygen atoms in total. The lowest BCUT2D eigenvalue weighted by Gasteiger charge is -2.18. The minimum absolute atomic E-state index is 0.129. The van der Waals surface area contributed by atoms with Gasteiger partial charge < -0.3 is 10.6 Å². The van der Waals surface area contributed by atoms with Gasteiger partial charge in [0, 0.05) is 12.6 Å². The van der Waals surface area contributed by atoms with Gasteiger partial charge in [-0.1, -0.05) is 30.3 Å². The van der Waals surface area contributed by atoms with Crippen molar-refractivity contribution in [1.29, 1.82) is 0 Å². The Bertz CT molecular complexity index is 444. The molecule has 0 heterocycles. The SMILES string of the molecule is CCNC(=NCCC(F)(F)F)NC(C)CCc1ccccc1. The second-order valence-corrected chi connectivity index (χ2v) is 5.20. The minimum atomic E-state index is -4.17. The molecule has 124 valence electrons. The highest BCUT2D eigenvalue weighted by Crippen LogP contribution is 2.18. The van der Waals surface area contributed by atoms with Crippen molar-refractivity contribution >= 4 is 5.96 Å². The van der Waals surface area contributed by atoms with Gasteiger partial charge >= 0.3 is 6.18 Å². The number of benzene rings is 1. The molecule has 1 unspecified atom stereocenters. The van der Waals surface area contributed by atoms with Gasteiger partial charge in [0.1, 0.15) is 0 Å². The summed E-state index contributed by atoms with van der Waals surface area (Å²) in [6.45, 7) is 4.24. The van der Waals surface area contributed by atoms with Crippen molar-refractivity contribution in [2.75, 3.05) is 13.1 Å². The molecule has 0 aliphatic carbocycles. The van der Waals surface area contributed by atoms with Crippen LogP contribution >= 0.6 is 0 Å². The summed E-state index contributed by atoms with van der Waals surface area (Å²) in [6.07, 6.45) is -3.27. The predicted molar refractivity (Wildman–Crippen MR) is 84.0 cm³/mol. The number of rotatable bonds is 7. The predicted octanol–water partition coefficient (Wildman–Crippen LogP) is 3.52. The summed E-state index contributed by atoms with van der Waals surface area (Å²) in [5.74, 6) is 0.437. The van der Waals surface area contributed by atoms with Gasteiger partial charge in [0.2, 0.25) is 0 Å². The highest BCUT2D eigenvalue weighted by Gasteiger charge is 2.26. The number of guanidine groups is 1. The van der Waals surface area contributed by atoms with Crippen molar-refractivity contribution in [2.45, 2.75) is 45.3 Å². The fourth-order valence-corrected chi connectivity index (χ4v) is 1.95. The van der Waals surface area contributed by atoms with Crippen LogP contribution in [0.1, 0.15) is 32.3 Å². The summed E-state index contributed by atoms with van der Waals surface area (Å²) in [5, 5.41) is 6.12. The molecule has 1 rings (SSSR count). The largest absolute Gasteiger partial charge is 0.390 e. The third-order valence-corrected chi connectivity index (χ3v) is 3.10. The summed E-state index contributed by atoms with van der Waals surface area (Å²) < 4.78 is 36.5. The van der Waals surface area contributed by atoms with Crippen LogP contribution in [0.2, 0.25) is 0 Å². The fraction of sp³-hybridized carbons (Fsp3) is 0.562. The quantitative estimate of drug-likeness (QED) is 0.597. The van der Waals surface area contributed by atoms with Crippen LogP contribution in [0.4, 0.5) is 13.2 Å². The Morgan fingerprint density at radius 1 is 1.23 bits per heavy atom. The van der Waals surface area contributed by atoms with E-state index in [0.29, 0.717) is 12.5 Å². The zero-order valence-corrected chi connectivity index (χ0v) is 13.1. The molecule has 1 aromatic carbocycles. The van der Waals surface area contributed by atoms with E-state index >= 15 is 0 Å². The number of halogens is 3. The zero-order chi connectivity index (χ0) is 16.4. The molecule has 0 saturated heterocycles. The van der Waals surface area contributed by atoms with Crippen LogP contribution in [0.5, 0.6) is 0 Å². The molecule has 0 radical (unpaired) electrons. The van der Waals surface area contributed by atoms with E-state index < -0.39 is 12.6 Å². The van der Waals surface area contributed by atoms with E-state index in [0.717, 1.165) is 12.8 Å². The number of hydrogen-bond donors (Lipinski definition) is 2. The first kappa shape index (κ1) is 18.3. The van der Waals surface area contributed by atoms with Crippen LogP contribution in [0, 0.1) is 0 Å². The highest BCUT2D eigenvalue weighted by molar-refractivity contribution is 5.80. The van der Waals surface area contributed by atoms with Gasteiger partial charge in [-0.2, -0.15) is 13.2 Å². The van der Waals surface area contributed by atoms with Crippen LogP contribution in [-0.2, 0) is 6.42 Å². The van der Waals surface area contributed by atoms with Crippen molar-refractivity contribution < 1.29 is 13.2 Å². The third-order valence-electron chi connectivity index (χ3n) is 3.10. The van der Waals surface area contributed by atoms with Crippen LogP contribution in [-0.4, -0.2) is 31.3 Å². The maximum atomic E-state index is 12.2. The number of nitrogens with one attached hydrogen (secondary N) is 2. The standard InChI is InChI=1S/C16H24F3N3/c1-3-20-15(21-12-11-16(17,18)19)22-13(2)9-10-14-7-5-4-6-8-14/h4-8,13H,3,9-12H2,1-2H3,(H2,20,21,22). The number of nitrogens with zero attached hydrogens (tertiary/aromatic N) is 1. The van der Waals surface area contributed by atoms with E-state index in [9.17, 15) is 13.2 Å². The molecule has 0 fully saturated rings. The fourth-order valence-electron chi connectivity index (χ4n) is 1.95. The first-order valence-corrected chi connectivity index (χ1v) is 7.56. The summed E-state index contributed by atoms with van der Waals surface area (Å²) in [4.78, 5) is 3.97. The third kappa shape index (κ3) is 8.54. The Labute approximate surface area is 130 Å². The van der Waals surface area contributed by atoms with Crippen LogP contribution < -0.4 is 10.6 Å². The summed E-state index contributed by atoms with van der Waals surface area (Å²) in [7, 11) is 0. The van der Waals surface area contributed by atoms with Crippen molar-refractivity contribution in [3.63, 3.8) is 0 Å². The van der Waals surface area contributed by atoms with Gasteiger partial charge in [-0.25, -0.2) is 0 Å². The molecule has 0 bridgehead atoms. The van der Waals surface area contributed by atoms with Crippen molar-refractivity contribution in [1.82, 2.24) is 10.6 Å². The lowest BCUT2D eigenvalue weighted by atomic mass is 10.1. The van der Waals surface area contributed by atoms with Crippen molar-refractivity contribution in [3.05, 3.63) is 35.9 Å². The van der Waals surface area contributed by atoms with E-state index in [1.165, 1.54) is 5.56 Å². The van der Waals surface area contributed by atoms with Crippen LogP contribution in [0.15, 0.2) is 35.3 Å². The Kier molecular flexibility index (Phi) is 7.77. The second-order valence-electron chi connectivity index (χ2n) is 5.20. The Hall–Kier alpha value is -1.72. The second kappa shape index (κ2) is 9.33. The molecule has 0 aliphatic rings. The highest BCUT2D eigenvalue weighted by atomic mass is 19.4. The monoisotopic (exact) mass is 315 g/mol. The number of aliphatic imine (C=N–C) groups is 1. The Balaban J connectivity index is 2.42. The van der Waals surface area contributed by atoms with Gasteiger partial charge in [0.05, 0.1) is 13.0 Å². The maximum absolute atomic E-state index is 12.2. The molecule has 0 amide bonds. The normalized spacial score (nSPS) is 13.8. The van der Waals surface area contributed by atoms with Crippen LogP contribution in [0.25, 0.3) is 0 Å². The van der Waals surface area contributed by atoms with E-state index in [-0.39, 0.29) is 12.6 Å². The zero-order valence-electron chi connectivity index (χ0n) is 13.1. The van der Waals surface area contributed by atoms with Gasteiger partial charge in [0.25, 0.3) is 0 Å². The van der Waals surface area contributed by atoms with E-state index in [4.69, 9.17) is 0 Å². The molecule has 0 aliphatic heterocycles. The lowest BCUT2D eigenvalue weighted by molar-refractivity contribution is -0.132. The average Bonchev–Trinajstić information content (AvgIpc) is 2.45. The van der Waals surface area contributed by atoms with Gasteiger partial charge in [-0.3, -0.25) is 4.99 Å². The van der Waals surface area contributed by atoms with Crippen molar-refractivity contribution in [2.24, 2.45) is 4.99 Å². The van der Waals surface area contributed by atoms with Crippen molar-refractivity contribution in [3.8, 4) is 0 Å². The average molecular weight is 315 g/mol. The molecular weight excluding hydrogens is 291 g/mol. The molecular formula is C16H24F3N3. The van der Waals surface area contributed by atoms with E-state index in [2.05, 4.69) is 27.8 Å². The van der Waals surface area contributed by atoms with Gasteiger partial charge in [-0.05, 0) is 32.3 Å². The topological polar surface area (TPSA) is 36.4 Å². The number of hydrogen-bond acceptors (Lipinski definition) is 1. The number of alkyl halides is 3. The maximum Gasteiger partial charge on any atom is 0.390 e. The molecule has 1 aromatic rings. The molecule has 6 heteroatoms.